The molecular weight excluding hydrogens is 302 g/mol. The molecule has 0 bridgehead atoms. The fourth-order valence-electron chi connectivity index (χ4n) is 2.71. The molecule has 2 heterocycles. The molecule has 5 heteroatoms. The molecule has 0 aliphatic carbocycles. The van der Waals surface area contributed by atoms with E-state index in [-0.39, 0.29) is 11.8 Å². The molecule has 124 valence electrons. The van der Waals surface area contributed by atoms with Crippen LogP contribution >= 0.6 is 0 Å². The minimum atomic E-state index is -0.0561. The van der Waals surface area contributed by atoms with Crippen LogP contribution in [0.1, 0.15) is 47.1 Å². The number of nitrogens with zero attached hydrogens (tertiary/aromatic N) is 3. The Morgan fingerprint density at radius 2 is 1.96 bits per heavy atom. The summed E-state index contributed by atoms with van der Waals surface area (Å²) >= 11 is 0. The Hall–Kier alpha value is -2.69. The minimum Gasteiger partial charge on any atom is -0.337 e. The monoisotopic (exact) mass is 323 g/mol. The second kappa shape index (κ2) is 6.43. The van der Waals surface area contributed by atoms with Gasteiger partial charge in [-0.3, -0.25) is 4.79 Å². The third kappa shape index (κ3) is 3.02. The Morgan fingerprint density at radius 1 is 1.25 bits per heavy atom. The van der Waals surface area contributed by atoms with Crippen LogP contribution in [0.2, 0.25) is 0 Å². The highest BCUT2D eigenvalue weighted by atomic mass is 16.5. The molecule has 2 aromatic heterocycles. The first-order valence-corrected chi connectivity index (χ1v) is 8.03. The first-order chi connectivity index (χ1) is 11.5. The van der Waals surface area contributed by atoms with Gasteiger partial charge in [-0.05, 0) is 24.5 Å². The zero-order chi connectivity index (χ0) is 17.3. The van der Waals surface area contributed by atoms with Gasteiger partial charge >= 0.3 is 0 Å². The molecule has 0 saturated heterocycles. The van der Waals surface area contributed by atoms with Crippen molar-refractivity contribution in [3.63, 3.8) is 0 Å². The van der Waals surface area contributed by atoms with Gasteiger partial charge in [-0.2, -0.15) is 0 Å². The van der Waals surface area contributed by atoms with E-state index in [1.165, 1.54) is 0 Å². The molecule has 0 unspecified atom stereocenters. The Balaban J connectivity index is 2.00. The lowest BCUT2D eigenvalue weighted by molar-refractivity contribution is 0.0786. The number of rotatable bonds is 4. The van der Waals surface area contributed by atoms with E-state index in [0.717, 1.165) is 11.3 Å². The van der Waals surface area contributed by atoms with Gasteiger partial charge in [-0.1, -0.05) is 49.3 Å². The van der Waals surface area contributed by atoms with Gasteiger partial charge in [0.05, 0.1) is 16.6 Å². The van der Waals surface area contributed by atoms with Crippen molar-refractivity contribution >= 4 is 17.0 Å². The summed E-state index contributed by atoms with van der Waals surface area (Å²) in [7, 11) is 1.81. The summed E-state index contributed by atoms with van der Waals surface area (Å²) < 4.78 is 5.30. The van der Waals surface area contributed by atoms with E-state index >= 15 is 0 Å². The molecular formula is C19H21N3O2. The van der Waals surface area contributed by atoms with Crippen LogP contribution in [0, 0.1) is 6.92 Å². The zero-order valence-electron chi connectivity index (χ0n) is 14.4. The van der Waals surface area contributed by atoms with E-state index in [1.807, 2.05) is 57.2 Å². The molecule has 0 radical (unpaired) electrons. The molecule has 1 aromatic carbocycles. The van der Waals surface area contributed by atoms with Crippen molar-refractivity contribution < 1.29 is 9.32 Å². The zero-order valence-corrected chi connectivity index (χ0v) is 14.4. The van der Waals surface area contributed by atoms with Gasteiger partial charge in [0.2, 0.25) is 0 Å². The van der Waals surface area contributed by atoms with Gasteiger partial charge in [-0.25, -0.2) is 4.98 Å². The topological polar surface area (TPSA) is 59.2 Å². The third-order valence-corrected chi connectivity index (χ3v) is 4.07. The Bertz CT molecular complexity index is 869. The van der Waals surface area contributed by atoms with Crippen LogP contribution in [0.15, 0.2) is 40.9 Å². The first kappa shape index (κ1) is 16.2. The van der Waals surface area contributed by atoms with Crippen LogP contribution in [0.3, 0.4) is 0 Å². The number of pyridine rings is 1. The smallest absolute Gasteiger partial charge is 0.259 e. The second-order valence-electron chi connectivity index (χ2n) is 6.34. The van der Waals surface area contributed by atoms with Crippen LogP contribution < -0.4 is 0 Å². The van der Waals surface area contributed by atoms with Crippen molar-refractivity contribution in [3.05, 3.63) is 58.9 Å². The maximum atomic E-state index is 13.0. The number of carbonyl (C=O) groups is 1. The number of fused-ring (bicyclic) bond motifs is 1. The quantitative estimate of drug-likeness (QED) is 0.730. The van der Waals surface area contributed by atoms with Crippen molar-refractivity contribution in [2.75, 3.05) is 7.05 Å². The number of hydrogen-bond donors (Lipinski definition) is 0. The summed E-state index contributed by atoms with van der Waals surface area (Å²) in [6.45, 7) is 6.46. The molecule has 24 heavy (non-hydrogen) atoms. The standard InChI is InChI=1S/C19H21N3O2/c1-12(2)16-10-15(17-13(3)21-24-18(17)20-16)19(23)22(4)11-14-8-6-5-7-9-14/h5-10,12H,11H2,1-4H3. The molecule has 0 aliphatic rings. The van der Waals surface area contributed by atoms with E-state index in [1.54, 1.807) is 11.9 Å². The van der Waals surface area contributed by atoms with Gasteiger partial charge in [-0.15, -0.1) is 0 Å². The number of aryl methyl sites for hydroxylation is 1. The van der Waals surface area contributed by atoms with E-state index < -0.39 is 0 Å². The number of aromatic nitrogens is 2. The molecule has 0 N–H and O–H groups in total. The Labute approximate surface area is 141 Å². The summed E-state index contributed by atoms with van der Waals surface area (Å²) in [4.78, 5) is 19.2. The highest BCUT2D eigenvalue weighted by Crippen LogP contribution is 2.26. The lowest BCUT2D eigenvalue weighted by Crippen LogP contribution is -2.26. The summed E-state index contributed by atoms with van der Waals surface area (Å²) in [5.74, 6) is 0.144. The Kier molecular flexibility index (Phi) is 4.34. The number of benzene rings is 1. The van der Waals surface area contributed by atoms with Crippen molar-refractivity contribution in [1.29, 1.82) is 0 Å². The predicted octanol–water partition coefficient (Wildman–Crippen LogP) is 3.93. The maximum Gasteiger partial charge on any atom is 0.259 e. The molecule has 0 aliphatic heterocycles. The van der Waals surface area contributed by atoms with Gasteiger partial charge in [0.1, 0.15) is 0 Å². The number of hydrogen-bond acceptors (Lipinski definition) is 4. The molecule has 5 nitrogen and oxygen atoms in total. The average Bonchev–Trinajstić information content (AvgIpc) is 2.95. The van der Waals surface area contributed by atoms with E-state index in [2.05, 4.69) is 10.1 Å². The molecule has 0 atom stereocenters. The highest BCUT2D eigenvalue weighted by molar-refractivity contribution is 6.05. The first-order valence-electron chi connectivity index (χ1n) is 8.03. The fraction of sp³-hybridized carbons (Fsp3) is 0.316. The van der Waals surface area contributed by atoms with Crippen LogP contribution in [0.4, 0.5) is 0 Å². The van der Waals surface area contributed by atoms with Gasteiger partial charge in [0.25, 0.3) is 11.6 Å². The van der Waals surface area contributed by atoms with Gasteiger partial charge < -0.3 is 9.42 Å². The van der Waals surface area contributed by atoms with Crippen LogP contribution in [-0.2, 0) is 6.54 Å². The van der Waals surface area contributed by atoms with Crippen LogP contribution in [0.5, 0.6) is 0 Å². The summed E-state index contributed by atoms with van der Waals surface area (Å²) in [5.41, 5.74) is 3.63. The molecule has 0 fully saturated rings. The van der Waals surface area contributed by atoms with Crippen molar-refractivity contribution in [2.45, 2.75) is 33.2 Å². The molecule has 3 aromatic rings. The second-order valence-corrected chi connectivity index (χ2v) is 6.34. The molecule has 0 spiro atoms. The lowest BCUT2D eigenvalue weighted by atomic mass is 10.0. The van der Waals surface area contributed by atoms with Crippen LogP contribution in [0.25, 0.3) is 11.1 Å². The molecule has 1 amide bonds. The van der Waals surface area contributed by atoms with Crippen molar-refractivity contribution in [2.24, 2.45) is 0 Å². The fourth-order valence-corrected chi connectivity index (χ4v) is 2.71. The third-order valence-electron chi connectivity index (χ3n) is 4.07. The van der Waals surface area contributed by atoms with Gasteiger partial charge in [0.15, 0.2) is 0 Å². The van der Waals surface area contributed by atoms with E-state index in [0.29, 0.717) is 28.9 Å². The Morgan fingerprint density at radius 3 is 2.62 bits per heavy atom. The van der Waals surface area contributed by atoms with E-state index in [4.69, 9.17) is 4.52 Å². The highest BCUT2D eigenvalue weighted by Gasteiger charge is 2.22. The normalized spacial score (nSPS) is 11.2. The largest absolute Gasteiger partial charge is 0.337 e. The summed E-state index contributed by atoms with van der Waals surface area (Å²) in [6, 6.07) is 11.8. The minimum absolute atomic E-state index is 0.0561. The lowest BCUT2D eigenvalue weighted by Gasteiger charge is -2.18. The van der Waals surface area contributed by atoms with Crippen LogP contribution in [-0.4, -0.2) is 28.0 Å². The predicted molar refractivity (Wildman–Crippen MR) is 92.9 cm³/mol. The average molecular weight is 323 g/mol. The maximum absolute atomic E-state index is 13.0. The molecule has 0 saturated carbocycles. The number of carbonyl (C=O) groups excluding carboxylic acids is 1. The molecule has 3 rings (SSSR count). The number of amides is 1. The SMILES string of the molecule is Cc1noc2nc(C(C)C)cc(C(=O)N(C)Cc3ccccc3)c12. The van der Waals surface area contributed by atoms with Gasteiger partial charge in [0, 0.05) is 19.3 Å². The van der Waals surface area contributed by atoms with Crippen molar-refractivity contribution in [3.8, 4) is 0 Å². The van der Waals surface area contributed by atoms with E-state index in [9.17, 15) is 4.79 Å². The summed E-state index contributed by atoms with van der Waals surface area (Å²) in [6.07, 6.45) is 0. The van der Waals surface area contributed by atoms with Crippen molar-refractivity contribution in [1.82, 2.24) is 15.0 Å². The summed E-state index contributed by atoms with van der Waals surface area (Å²) in [5, 5.41) is 4.67.